The third kappa shape index (κ3) is 4.48. The van der Waals surface area contributed by atoms with Crippen molar-refractivity contribution in [2.24, 2.45) is 0 Å². The Balaban J connectivity index is 1.54. The fourth-order valence-corrected chi connectivity index (χ4v) is 3.41. The summed E-state index contributed by atoms with van der Waals surface area (Å²) in [6.07, 6.45) is 5.99. The minimum absolute atomic E-state index is 0.0725. The number of hydrogen-bond acceptors (Lipinski definition) is 3. The van der Waals surface area contributed by atoms with Crippen LogP contribution in [0, 0.1) is 0 Å². The molecule has 5 nitrogen and oxygen atoms in total. The van der Waals surface area contributed by atoms with Gasteiger partial charge in [0.2, 0.25) is 5.91 Å². The monoisotopic (exact) mass is 341 g/mol. The number of carbonyl (C=O) groups excluding carboxylic acids is 1. The average Bonchev–Trinajstić information content (AvgIpc) is 3.13. The molecule has 1 saturated heterocycles. The van der Waals surface area contributed by atoms with Crippen molar-refractivity contribution in [2.75, 3.05) is 19.7 Å². The van der Waals surface area contributed by atoms with Crippen LogP contribution in [0.1, 0.15) is 50.0 Å². The topological polar surface area (TPSA) is 47.4 Å². The third-order valence-corrected chi connectivity index (χ3v) is 4.73. The maximum absolute atomic E-state index is 12.5. The molecule has 1 atom stereocenters. The van der Waals surface area contributed by atoms with Gasteiger partial charge in [-0.05, 0) is 32.3 Å². The molecule has 1 aromatic heterocycles. The van der Waals surface area contributed by atoms with E-state index in [-0.39, 0.29) is 12.5 Å². The molecule has 1 aliphatic rings. The van der Waals surface area contributed by atoms with Crippen LogP contribution in [0.2, 0.25) is 0 Å². The molecule has 5 heteroatoms. The summed E-state index contributed by atoms with van der Waals surface area (Å²) >= 11 is 0. The highest BCUT2D eigenvalue weighted by Gasteiger charge is 2.27. The van der Waals surface area contributed by atoms with Crippen molar-refractivity contribution in [2.45, 2.75) is 45.3 Å². The van der Waals surface area contributed by atoms with Gasteiger partial charge >= 0.3 is 0 Å². The second kappa shape index (κ2) is 8.30. The fourth-order valence-electron chi connectivity index (χ4n) is 3.41. The number of imidazole rings is 1. The van der Waals surface area contributed by atoms with E-state index in [4.69, 9.17) is 4.74 Å². The lowest BCUT2D eigenvalue weighted by atomic mass is 9.97. The molecule has 134 valence electrons. The van der Waals surface area contributed by atoms with E-state index in [1.165, 1.54) is 0 Å². The van der Waals surface area contributed by atoms with Crippen molar-refractivity contribution < 1.29 is 9.53 Å². The van der Waals surface area contributed by atoms with Gasteiger partial charge in [-0.15, -0.1) is 0 Å². The molecular weight excluding hydrogens is 314 g/mol. The lowest BCUT2D eigenvalue weighted by molar-refractivity contribution is -0.137. The van der Waals surface area contributed by atoms with E-state index in [1.807, 2.05) is 47.6 Å². The standard InChI is InChI=1S/C20H27N3O2/c1-16(2)23-12-10-21-20(23)18-9-6-11-22(13-18)19(24)15-25-14-17-7-4-3-5-8-17/h3-5,7-8,10,12,16,18H,6,9,11,13-15H2,1-2H3/t18-/m0/s1. The molecule has 1 aromatic carbocycles. The summed E-state index contributed by atoms with van der Waals surface area (Å²) in [5, 5.41) is 0. The Morgan fingerprint density at radius 2 is 2.12 bits per heavy atom. The minimum atomic E-state index is 0.0725. The van der Waals surface area contributed by atoms with Crippen LogP contribution in [0.5, 0.6) is 0 Å². The number of piperidine rings is 1. The van der Waals surface area contributed by atoms with Gasteiger partial charge in [0.15, 0.2) is 0 Å². The van der Waals surface area contributed by atoms with Gasteiger partial charge in [-0.2, -0.15) is 0 Å². The molecule has 1 amide bonds. The number of amides is 1. The normalized spacial score (nSPS) is 17.9. The van der Waals surface area contributed by atoms with Crippen molar-refractivity contribution in [1.82, 2.24) is 14.5 Å². The van der Waals surface area contributed by atoms with Gasteiger partial charge in [0.05, 0.1) is 6.61 Å². The van der Waals surface area contributed by atoms with Crippen molar-refractivity contribution in [3.63, 3.8) is 0 Å². The number of carbonyl (C=O) groups is 1. The van der Waals surface area contributed by atoms with Gasteiger partial charge in [-0.3, -0.25) is 4.79 Å². The minimum Gasteiger partial charge on any atom is -0.367 e. The van der Waals surface area contributed by atoms with Crippen LogP contribution in [0.4, 0.5) is 0 Å². The van der Waals surface area contributed by atoms with Gasteiger partial charge in [-0.25, -0.2) is 4.98 Å². The van der Waals surface area contributed by atoms with Crippen LogP contribution in [-0.2, 0) is 16.1 Å². The quantitative estimate of drug-likeness (QED) is 0.809. The highest BCUT2D eigenvalue weighted by Crippen LogP contribution is 2.27. The zero-order chi connectivity index (χ0) is 17.6. The number of hydrogen-bond donors (Lipinski definition) is 0. The zero-order valence-electron chi connectivity index (χ0n) is 15.1. The maximum Gasteiger partial charge on any atom is 0.248 e. The highest BCUT2D eigenvalue weighted by atomic mass is 16.5. The Hall–Kier alpha value is -2.14. The molecule has 2 aromatic rings. The third-order valence-electron chi connectivity index (χ3n) is 4.73. The summed E-state index contributed by atoms with van der Waals surface area (Å²) in [5.74, 6) is 1.48. The number of rotatable bonds is 6. The second-order valence-corrected chi connectivity index (χ2v) is 6.94. The molecule has 2 heterocycles. The molecule has 0 N–H and O–H groups in total. The Morgan fingerprint density at radius 3 is 2.88 bits per heavy atom. The zero-order valence-corrected chi connectivity index (χ0v) is 15.1. The molecule has 1 fully saturated rings. The van der Waals surface area contributed by atoms with Crippen molar-refractivity contribution >= 4 is 5.91 Å². The Labute approximate surface area is 149 Å². The summed E-state index contributed by atoms with van der Waals surface area (Å²) in [6, 6.07) is 10.3. The van der Waals surface area contributed by atoms with E-state index in [0.29, 0.717) is 18.6 Å². The molecule has 25 heavy (non-hydrogen) atoms. The number of aromatic nitrogens is 2. The van der Waals surface area contributed by atoms with Gasteiger partial charge in [0.25, 0.3) is 0 Å². The average molecular weight is 341 g/mol. The summed E-state index contributed by atoms with van der Waals surface area (Å²) in [7, 11) is 0. The van der Waals surface area contributed by atoms with Crippen LogP contribution in [0.15, 0.2) is 42.7 Å². The maximum atomic E-state index is 12.5. The molecule has 1 aliphatic heterocycles. The Morgan fingerprint density at radius 1 is 1.32 bits per heavy atom. The van der Waals surface area contributed by atoms with E-state index < -0.39 is 0 Å². The number of benzene rings is 1. The smallest absolute Gasteiger partial charge is 0.248 e. The first-order valence-electron chi connectivity index (χ1n) is 9.07. The number of nitrogens with zero attached hydrogens (tertiary/aromatic N) is 3. The molecule has 0 radical (unpaired) electrons. The van der Waals surface area contributed by atoms with Crippen molar-refractivity contribution in [1.29, 1.82) is 0 Å². The number of ether oxygens (including phenoxy) is 1. The van der Waals surface area contributed by atoms with Crippen LogP contribution in [-0.4, -0.2) is 40.1 Å². The second-order valence-electron chi connectivity index (χ2n) is 6.94. The lowest BCUT2D eigenvalue weighted by Crippen LogP contribution is -2.41. The van der Waals surface area contributed by atoms with Gasteiger partial charge in [0, 0.05) is 37.4 Å². The lowest BCUT2D eigenvalue weighted by Gasteiger charge is -2.33. The molecule has 0 aliphatic carbocycles. The fraction of sp³-hybridized carbons (Fsp3) is 0.500. The predicted octanol–water partition coefficient (Wildman–Crippen LogP) is 3.39. The summed E-state index contributed by atoms with van der Waals surface area (Å²) in [4.78, 5) is 19.0. The molecule has 0 bridgehead atoms. The predicted molar refractivity (Wildman–Crippen MR) is 97.3 cm³/mol. The Kier molecular flexibility index (Phi) is 5.87. The van der Waals surface area contributed by atoms with Crippen molar-refractivity contribution in [3.05, 3.63) is 54.1 Å². The van der Waals surface area contributed by atoms with E-state index in [0.717, 1.165) is 37.3 Å². The summed E-state index contributed by atoms with van der Waals surface area (Å²) in [6.45, 7) is 6.48. The van der Waals surface area contributed by atoms with E-state index >= 15 is 0 Å². The first-order chi connectivity index (χ1) is 12.1. The van der Waals surface area contributed by atoms with Gasteiger partial charge in [-0.1, -0.05) is 30.3 Å². The molecular formula is C20H27N3O2. The van der Waals surface area contributed by atoms with Crippen LogP contribution < -0.4 is 0 Å². The van der Waals surface area contributed by atoms with Gasteiger partial charge in [0.1, 0.15) is 12.4 Å². The van der Waals surface area contributed by atoms with E-state index in [9.17, 15) is 4.79 Å². The SMILES string of the molecule is CC(C)n1ccnc1[C@H]1CCCN(C(=O)COCc2ccccc2)C1. The van der Waals surface area contributed by atoms with Crippen LogP contribution in [0.3, 0.4) is 0 Å². The first-order valence-corrected chi connectivity index (χ1v) is 9.07. The van der Waals surface area contributed by atoms with Crippen LogP contribution >= 0.6 is 0 Å². The first kappa shape index (κ1) is 17.7. The summed E-state index contributed by atoms with van der Waals surface area (Å²) < 4.78 is 7.82. The van der Waals surface area contributed by atoms with Crippen LogP contribution in [0.25, 0.3) is 0 Å². The van der Waals surface area contributed by atoms with E-state index in [1.54, 1.807) is 0 Å². The highest BCUT2D eigenvalue weighted by molar-refractivity contribution is 5.77. The van der Waals surface area contributed by atoms with E-state index in [2.05, 4.69) is 23.4 Å². The molecule has 3 rings (SSSR count). The molecule has 0 spiro atoms. The van der Waals surface area contributed by atoms with Crippen molar-refractivity contribution in [3.8, 4) is 0 Å². The largest absolute Gasteiger partial charge is 0.367 e. The molecule has 0 unspecified atom stereocenters. The Bertz CT molecular complexity index is 681. The molecule has 0 saturated carbocycles. The van der Waals surface area contributed by atoms with Gasteiger partial charge < -0.3 is 14.2 Å². The summed E-state index contributed by atoms with van der Waals surface area (Å²) in [5.41, 5.74) is 1.09. The number of likely N-dealkylation sites (tertiary alicyclic amines) is 1.